The van der Waals surface area contributed by atoms with Gasteiger partial charge in [0.25, 0.3) is 0 Å². The van der Waals surface area contributed by atoms with Crippen molar-refractivity contribution in [2.24, 2.45) is 17.6 Å². The van der Waals surface area contributed by atoms with Gasteiger partial charge in [0, 0.05) is 31.7 Å². The molecule has 3 aliphatic rings. The molecule has 2 saturated heterocycles. The van der Waals surface area contributed by atoms with Gasteiger partial charge in [-0.05, 0) is 25.2 Å². The van der Waals surface area contributed by atoms with Crippen LogP contribution in [-0.2, 0) is 4.74 Å². The van der Waals surface area contributed by atoms with Crippen LogP contribution in [0.5, 0.6) is 0 Å². The number of nitrogens with one attached hydrogen (secondary N) is 1. The quantitative estimate of drug-likeness (QED) is 0.717. The van der Waals surface area contributed by atoms with Crippen LogP contribution in [0, 0.1) is 11.8 Å². The van der Waals surface area contributed by atoms with Crippen LogP contribution in [0.2, 0.25) is 0 Å². The SMILES string of the molecule is CC1CCN(C(=O)NC2C(N)C3CCOC32)CC1. The molecule has 2 amide bonds. The van der Waals surface area contributed by atoms with Gasteiger partial charge in [-0.1, -0.05) is 6.92 Å². The Hall–Kier alpha value is -0.810. The van der Waals surface area contributed by atoms with Gasteiger partial charge in [0.2, 0.25) is 0 Å². The number of nitrogens with zero attached hydrogens (tertiary/aromatic N) is 1. The minimum Gasteiger partial charge on any atom is -0.376 e. The molecule has 102 valence electrons. The molecule has 0 aromatic carbocycles. The summed E-state index contributed by atoms with van der Waals surface area (Å²) in [6.45, 7) is 4.76. The maximum atomic E-state index is 12.1. The van der Waals surface area contributed by atoms with Gasteiger partial charge in [-0.3, -0.25) is 0 Å². The molecule has 0 bridgehead atoms. The van der Waals surface area contributed by atoms with E-state index in [1.807, 2.05) is 4.90 Å². The van der Waals surface area contributed by atoms with E-state index in [9.17, 15) is 4.79 Å². The highest BCUT2D eigenvalue weighted by Crippen LogP contribution is 2.37. The van der Waals surface area contributed by atoms with Crippen LogP contribution >= 0.6 is 0 Å². The zero-order chi connectivity index (χ0) is 12.7. The molecule has 0 radical (unpaired) electrons. The number of amides is 2. The van der Waals surface area contributed by atoms with E-state index in [0.29, 0.717) is 5.92 Å². The lowest BCUT2D eigenvalue weighted by molar-refractivity contribution is -0.0155. The zero-order valence-corrected chi connectivity index (χ0v) is 11.0. The molecule has 18 heavy (non-hydrogen) atoms. The second-order valence-electron chi connectivity index (χ2n) is 6.01. The highest BCUT2D eigenvalue weighted by atomic mass is 16.5. The fraction of sp³-hybridized carbons (Fsp3) is 0.923. The number of carbonyl (C=O) groups excluding carboxylic acids is 1. The molecule has 1 saturated carbocycles. The molecule has 0 aromatic heterocycles. The van der Waals surface area contributed by atoms with Crippen LogP contribution in [-0.4, -0.2) is 48.8 Å². The first-order valence-electron chi connectivity index (χ1n) is 7.09. The average molecular weight is 253 g/mol. The van der Waals surface area contributed by atoms with Crippen molar-refractivity contribution in [2.45, 2.75) is 44.4 Å². The summed E-state index contributed by atoms with van der Waals surface area (Å²) >= 11 is 0. The Morgan fingerprint density at radius 3 is 2.78 bits per heavy atom. The number of hydrogen-bond donors (Lipinski definition) is 2. The Morgan fingerprint density at radius 1 is 1.33 bits per heavy atom. The van der Waals surface area contributed by atoms with Gasteiger partial charge in [0.05, 0.1) is 12.1 Å². The van der Waals surface area contributed by atoms with E-state index in [2.05, 4.69) is 12.2 Å². The molecule has 4 unspecified atom stereocenters. The lowest BCUT2D eigenvalue weighted by atomic mass is 9.72. The fourth-order valence-electron chi connectivity index (χ4n) is 3.37. The third-order valence-corrected chi connectivity index (χ3v) is 4.81. The predicted molar refractivity (Wildman–Crippen MR) is 68.1 cm³/mol. The Labute approximate surface area is 108 Å². The van der Waals surface area contributed by atoms with Gasteiger partial charge in [-0.2, -0.15) is 0 Å². The first-order valence-corrected chi connectivity index (χ1v) is 7.09. The zero-order valence-electron chi connectivity index (χ0n) is 11.0. The van der Waals surface area contributed by atoms with E-state index < -0.39 is 0 Å². The first-order chi connectivity index (χ1) is 8.66. The highest BCUT2D eigenvalue weighted by Gasteiger charge is 2.53. The molecule has 3 N–H and O–H groups in total. The summed E-state index contributed by atoms with van der Waals surface area (Å²) in [5, 5.41) is 3.06. The summed E-state index contributed by atoms with van der Waals surface area (Å²) in [6, 6.07) is 0.130. The monoisotopic (exact) mass is 253 g/mol. The topological polar surface area (TPSA) is 67.6 Å². The standard InChI is InChI=1S/C13H23N3O2/c1-8-2-5-16(6-3-8)13(17)15-11-10(14)9-4-7-18-12(9)11/h8-12H,2-7,14H2,1H3,(H,15,17). The summed E-state index contributed by atoms with van der Waals surface area (Å²) < 4.78 is 5.63. The number of piperidine rings is 1. The summed E-state index contributed by atoms with van der Waals surface area (Å²) in [7, 11) is 0. The van der Waals surface area contributed by atoms with Crippen molar-refractivity contribution < 1.29 is 9.53 Å². The predicted octanol–water partition coefficient (Wildman–Crippen LogP) is 0.543. The largest absolute Gasteiger partial charge is 0.376 e. The Kier molecular flexibility index (Phi) is 3.20. The minimum atomic E-state index is 0.0179. The Morgan fingerprint density at radius 2 is 2.06 bits per heavy atom. The van der Waals surface area contributed by atoms with Crippen LogP contribution in [0.15, 0.2) is 0 Å². The van der Waals surface area contributed by atoms with E-state index in [-0.39, 0.29) is 24.2 Å². The van der Waals surface area contributed by atoms with Gasteiger partial charge in [-0.25, -0.2) is 4.79 Å². The van der Waals surface area contributed by atoms with Crippen LogP contribution in [0.25, 0.3) is 0 Å². The molecular formula is C13H23N3O2. The summed E-state index contributed by atoms with van der Waals surface area (Å²) in [6.07, 6.45) is 3.41. The normalized spacial score (nSPS) is 40.2. The molecule has 5 heteroatoms. The van der Waals surface area contributed by atoms with E-state index in [0.717, 1.165) is 44.9 Å². The van der Waals surface area contributed by atoms with Gasteiger partial charge in [-0.15, -0.1) is 0 Å². The smallest absolute Gasteiger partial charge is 0.317 e. The second kappa shape index (κ2) is 4.70. The van der Waals surface area contributed by atoms with Crippen LogP contribution in [0.3, 0.4) is 0 Å². The number of hydrogen-bond acceptors (Lipinski definition) is 3. The third-order valence-electron chi connectivity index (χ3n) is 4.81. The number of carbonyl (C=O) groups is 1. The summed E-state index contributed by atoms with van der Waals surface area (Å²) in [5.74, 6) is 1.19. The van der Waals surface area contributed by atoms with Crippen LogP contribution in [0.1, 0.15) is 26.2 Å². The molecule has 5 nitrogen and oxygen atoms in total. The number of nitrogens with two attached hydrogens (primary N) is 1. The Bertz CT molecular complexity index is 328. The van der Waals surface area contributed by atoms with Gasteiger partial charge in [0.15, 0.2) is 0 Å². The second-order valence-corrected chi connectivity index (χ2v) is 6.01. The van der Waals surface area contributed by atoms with Gasteiger partial charge in [0.1, 0.15) is 0 Å². The first kappa shape index (κ1) is 12.2. The number of rotatable bonds is 1. The van der Waals surface area contributed by atoms with E-state index >= 15 is 0 Å². The maximum Gasteiger partial charge on any atom is 0.317 e. The Balaban J connectivity index is 1.52. The highest BCUT2D eigenvalue weighted by molar-refractivity contribution is 5.75. The van der Waals surface area contributed by atoms with Crippen molar-refractivity contribution in [2.75, 3.05) is 19.7 Å². The fourth-order valence-corrected chi connectivity index (χ4v) is 3.37. The molecule has 3 rings (SSSR count). The molecule has 1 aliphatic carbocycles. The van der Waals surface area contributed by atoms with Gasteiger partial charge < -0.3 is 20.7 Å². The number of fused-ring (bicyclic) bond motifs is 1. The van der Waals surface area contributed by atoms with Crippen molar-refractivity contribution in [1.82, 2.24) is 10.2 Å². The average Bonchev–Trinajstić information content (AvgIpc) is 2.81. The number of ether oxygens (including phenoxy) is 1. The molecule has 2 aliphatic heterocycles. The maximum absolute atomic E-state index is 12.1. The van der Waals surface area contributed by atoms with E-state index in [4.69, 9.17) is 10.5 Å². The lowest BCUT2D eigenvalue weighted by Crippen LogP contribution is -2.70. The van der Waals surface area contributed by atoms with Gasteiger partial charge >= 0.3 is 6.03 Å². The van der Waals surface area contributed by atoms with E-state index in [1.54, 1.807) is 0 Å². The summed E-state index contributed by atoms with van der Waals surface area (Å²) in [5.41, 5.74) is 6.09. The number of likely N-dealkylation sites (tertiary alicyclic amines) is 1. The minimum absolute atomic E-state index is 0.0179. The summed E-state index contributed by atoms with van der Waals surface area (Å²) in [4.78, 5) is 14.1. The number of urea groups is 1. The van der Waals surface area contributed by atoms with Crippen LogP contribution < -0.4 is 11.1 Å². The molecule has 2 heterocycles. The van der Waals surface area contributed by atoms with Crippen molar-refractivity contribution in [3.05, 3.63) is 0 Å². The van der Waals surface area contributed by atoms with E-state index in [1.165, 1.54) is 0 Å². The van der Waals surface area contributed by atoms with Crippen molar-refractivity contribution in [3.8, 4) is 0 Å². The molecular weight excluding hydrogens is 230 g/mol. The third kappa shape index (κ3) is 1.99. The lowest BCUT2D eigenvalue weighted by Gasteiger charge is -2.46. The van der Waals surface area contributed by atoms with Crippen LogP contribution in [0.4, 0.5) is 4.79 Å². The van der Waals surface area contributed by atoms with Crippen molar-refractivity contribution >= 4 is 6.03 Å². The molecule has 0 spiro atoms. The molecule has 4 atom stereocenters. The molecule has 3 fully saturated rings. The van der Waals surface area contributed by atoms with Crippen molar-refractivity contribution in [1.29, 1.82) is 0 Å². The molecule has 0 aromatic rings. The van der Waals surface area contributed by atoms with Crippen molar-refractivity contribution in [3.63, 3.8) is 0 Å².